The molecular weight excluding hydrogens is 316 g/mol. The molecule has 0 fully saturated rings. The zero-order valence-corrected chi connectivity index (χ0v) is 13.5. The Morgan fingerprint density at radius 3 is 2.52 bits per heavy atom. The van der Waals surface area contributed by atoms with Crippen LogP contribution in [-0.2, 0) is 11.4 Å². The van der Waals surface area contributed by atoms with Crippen molar-refractivity contribution in [2.24, 2.45) is 5.16 Å². The number of nitrogens with zero attached hydrogens (tertiary/aromatic N) is 2. The number of benzene rings is 2. The van der Waals surface area contributed by atoms with Gasteiger partial charge in [0.2, 0.25) is 0 Å². The minimum Gasteiger partial charge on any atom is -0.493 e. The zero-order valence-electron chi connectivity index (χ0n) is 12.7. The van der Waals surface area contributed by atoms with Crippen LogP contribution in [0.3, 0.4) is 0 Å². The van der Waals surface area contributed by atoms with Crippen molar-refractivity contribution < 1.29 is 14.3 Å². The molecule has 0 unspecified atom stereocenters. The lowest BCUT2D eigenvalue weighted by Crippen LogP contribution is -1.94. The van der Waals surface area contributed by atoms with Crippen molar-refractivity contribution in [3.63, 3.8) is 0 Å². The van der Waals surface area contributed by atoms with E-state index in [0.717, 1.165) is 11.1 Å². The van der Waals surface area contributed by atoms with Crippen LogP contribution >= 0.6 is 11.6 Å². The lowest BCUT2D eigenvalue weighted by Gasteiger charge is -2.09. The zero-order chi connectivity index (χ0) is 16.7. The van der Waals surface area contributed by atoms with Gasteiger partial charge in [0.1, 0.15) is 6.61 Å². The lowest BCUT2D eigenvalue weighted by atomic mass is 10.2. The van der Waals surface area contributed by atoms with E-state index in [0.29, 0.717) is 28.7 Å². The van der Waals surface area contributed by atoms with E-state index in [1.54, 1.807) is 24.3 Å². The highest BCUT2D eigenvalue weighted by Crippen LogP contribution is 2.35. The molecule has 2 aromatic carbocycles. The molecule has 0 amide bonds. The molecule has 0 saturated carbocycles. The first-order valence-electron chi connectivity index (χ1n) is 6.74. The van der Waals surface area contributed by atoms with Gasteiger partial charge in [-0.2, -0.15) is 5.26 Å². The van der Waals surface area contributed by atoms with E-state index in [-0.39, 0.29) is 0 Å². The normalized spacial score (nSPS) is 10.3. The van der Waals surface area contributed by atoms with Gasteiger partial charge in [-0.1, -0.05) is 28.9 Å². The third kappa shape index (κ3) is 4.38. The van der Waals surface area contributed by atoms with Crippen LogP contribution in [0.1, 0.15) is 16.7 Å². The highest BCUT2D eigenvalue weighted by atomic mass is 35.5. The van der Waals surface area contributed by atoms with Crippen molar-refractivity contribution in [2.45, 2.75) is 6.61 Å². The Kier molecular flexibility index (Phi) is 5.84. The van der Waals surface area contributed by atoms with E-state index in [4.69, 9.17) is 31.2 Å². The molecule has 2 aromatic rings. The fraction of sp³-hybridized carbons (Fsp3) is 0.176. The quantitative estimate of drug-likeness (QED) is 0.597. The molecule has 0 radical (unpaired) electrons. The fourth-order valence-electron chi connectivity index (χ4n) is 1.90. The summed E-state index contributed by atoms with van der Waals surface area (Å²) in [5.41, 5.74) is 2.26. The predicted molar refractivity (Wildman–Crippen MR) is 88.1 cm³/mol. The van der Waals surface area contributed by atoms with Gasteiger partial charge in [0, 0.05) is 5.56 Å². The first-order valence-corrected chi connectivity index (χ1v) is 7.11. The van der Waals surface area contributed by atoms with Crippen LogP contribution < -0.4 is 9.47 Å². The van der Waals surface area contributed by atoms with Crippen LogP contribution in [0, 0.1) is 11.3 Å². The first-order chi connectivity index (χ1) is 11.2. The standard InChI is InChI=1S/C17H15ClN2O3/c1-21-16-8-14(7-15(18)17(16)22-2)10-20-23-11-13-5-3-12(9-19)4-6-13/h3-8,10H,11H2,1-2H3/b20-10-. The molecule has 0 aliphatic heterocycles. The lowest BCUT2D eigenvalue weighted by molar-refractivity contribution is 0.132. The molecule has 5 nitrogen and oxygen atoms in total. The maximum Gasteiger partial charge on any atom is 0.179 e. The molecule has 0 N–H and O–H groups in total. The van der Waals surface area contributed by atoms with Crippen molar-refractivity contribution >= 4 is 17.8 Å². The van der Waals surface area contributed by atoms with Gasteiger partial charge in [0.15, 0.2) is 11.5 Å². The highest BCUT2D eigenvalue weighted by Gasteiger charge is 2.09. The molecule has 23 heavy (non-hydrogen) atoms. The number of rotatable bonds is 6. The summed E-state index contributed by atoms with van der Waals surface area (Å²) in [4.78, 5) is 5.24. The number of hydrogen-bond acceptors (Lipinski definition) is 5. The second-order valence-corrected chi connectivity index (χ2v) is 4.96. The minimum absolute atomic E-state index is 0.309. The highest BCUT2D eigenvalue weighted by molar-refractivity contribution is 6.32. The van der Waals surface area contributed by atoms with Crippen LogP contribution in [0.2, 0.25) is 5.02 Å². The van der Waals surface area contributed by atoms with Crippen LogP contribution in [0.4, 0.5) is 0 Å². The number of hydrogen-bond donors (Lipinski definition) is 0. The van der Waals surface area contributed by atoms with E-state index in [1.165, 1.54) is 20.4 Å². The molecule has 0 saturated heterocycles. The molecule has 0 atom stereocenters. The Morgan fingerprint density at radius 2 is 1.91 bits per heavy atom. The number of nitriles is 1. The summed E-state index contributed by atoms with van der Waals surface area (Å²) in [6.45, 7) is 0.309. The van der Waals surface area contributed by atoms with Crippen LogP contribution in [0.5, 0.6) is 11.5 Å². The summed E-state index contributed by atoms with van der Waals surface area (Å²) in [6.07, 6.45) is 1.54. The fourth-order valence-corrected chi connectivity index (χ4v) is 2.19. The third-order valence-electron chi connectivity index (χ3n) is 3.05. The summed E-state index contributed by atoms with van der Waals surface area (Å²) in [6, 6.07) is 12.6. The minimum atomic E-state index is 0.309. The topological polar surface area (TPSA) is 63.8 Å². The van der Waals surface area contributed by atoms with E-state index in [1.807, 2.05) is 12.1 Å². The predicted octanol–water partition coefficient (Wildman–Crippen LogP) is 3.78. The van der Waals surface area contributed by atoms with E-state index in [2.05, 4.69) is 11.2 Å². The summed E-state index contributed by atoms with van der Waals surface area (Å²) < 4.78 is 10.4. The van der Waals surface area contributed by atoms with Gasteiger partial charge in [-0.25, -0.2) is 0 Å². The number of halogens is 1. The number of oxime groups is 1. The van der Waals surface area contributed by atoms with Crippen LogP contribution in [0.15, 0.2) is 41.6 Å². The number of ether oxygens (including phenoxy) is 2. The van der Waals surface area contributed by atoms with E-state index < -0.39 is 0 Å². The molecular formula is C17H15ClN2O3. The number of methoxy groups -OCH3 is 2. The average molecular weight is 331 g/mol. The van der Waals surface area contributed by atoms with Gasteiger partial charge in [0.05, 0.1) is 37.1 Å². The Morgan fingerprint density at radius 1 is 1.17 bits per heavy atom. The molecule has 2 rings (SSSR count). The van der Waals surface area contributed by atoms with E-state index in [9.17, 15) is 0 Å². The summed E-state index contributed by atoms with van der Waals surface area (Å²) in [5, 5.41) is 13.1. The SMILES string of the molecule is COc1cc(/C=N\OCc2ccc(C#N)cc2)cc(Cl)c1OC. The van der Waals surface area contributed by atoms with Crippen molar-refractivity contribution in [1.82, 2.24) is 0 Å². The van der Waals surface area contributed by atoms with E-state index >= 15 is 0 Å². The second kappa shape index (κ2) is 8.06. The molecule has 0 bridgehead atoms. The van der Waals surface area contributed by atoms with Crippen LogP contribution in [0.25, 0.3) is 0 Å². The maximum atomic E-state index is 8.74. The molecule has 0 aliphatic rings. The molecule has 118 valence electrons. The van der Waals surface area contributed by atoms with Gasteiger partial charge < -0.3 is 14.3 Å². The largest absolute Gasteiger partial charge is 0.493 e. The second-order valence-electron chi connectivity index (χ2n) is 4.55. The smallest absolute Gasteiger partial charge is 0.179 e. The first kappa shape index (κ1) is 16.7. The van der Waals surface area contributed by atoms with Gasteiger partial charge in [-0.3, -0.25) is 0 Å². The van der Waals surface area contributed by atoms with Crippen molar-refractivity contribution in [2.75, 3.05) is 14.2 Å². The van der Waals surface area contributed by atoms with Crippen molar-refractivity contribution in [3.05, 3.63) is 58.1 Å². The molecule has 0 spiro atoms. The van der Waals surface area contributed by atoms with Crippen molar-refractivity contribution in [3.8, 4) is 17.6 Å². The summed E-state index contributed by atoms with van der Waals surface area (Å²) in [5.74, 6) is 0.998. The Balaban J connectivity index is 2.00. The van der Waals surface area contributed by atoms with Crippen molar-refractivity contribution in [1.29, 1.82) is 5.26 Å². The molecule has 6 heteroatoms. The Hall–Kier alpha value is -2.71. The maximum absolute atomic E-state index is 8.74. The van der Waals surface area contributed by atoms with Gasteiger partial charge in [0.25, 0.3) is 0 Å². The molecule has 0 aromatic heterocycles. The molecule has 0 heterocycles. The van der Waals surface area contributed by atoms with Gasteiger partial charge >= 0.3 is 0 Å². The van der Waals surface area contributed by atoms with Crippen LogP contribution in [-0.4, -0.2) is 20.4 Å². The monoisotopic (exact) mass is 330 g/mol. The summed E-state index contributed by atoms with van der Waals surface area (Å²) in [7, 11) is 3.06. The van der Waals surface area contributed by atoms with Gasteiger partial charge in [-0.05, 0) is 29.8 Å². The summed E-state index contributed by atoms with van der Waals surface area (Å²) >= 11 is 6.12. The average Bonchev–Trinajstić information content (AvgIpc) is 2.58. The third-order valence-corrected chi connectivity index (χ3v) is 3.33. The van der Waals surface area contributed by atoms with Gasteiger partial charge in [-0.15, -0.1) is 0 Å². The Bertz CT molecular complexity index is 737. The molecule has 0 aliphatic carbocycles. The Labute approximate surface area is 139 Å².